The zero-order chi connectivity index (χ0) is 20.7. The summed E-state index contributed by atoms with van der Waals surface area (Å²) in [6.45, 7) is 6.82. The molecule has 2 aromatic rings. The molecule has 1 aliphatic rings. The van der Waals surface area contributed by atoms with Crippen LogP contribution in [0.4, 0.5) is 0 Å². The number of carbonyl (C=O) groups is 1. The molecular weight excluding hydrogens is 364 g/mol. The topological polar surface area (TPSA) is 61.8 Å². The number of amides is 1. The summed E-state index contributed by atoms with van der Waals surface area (Å²) in [5, 5.41) is 13.8. The minimum absolute atomic E-state index is 0.0396. The molecule has 1 heterocycles. The number of nitrogens with zero attached hydrogens (tertiary/aromatic N) is 1. The fourth-order valence-corrected chi connectivity index (χ4v) is 3.54. The molecule has 2 aromatic carbocycles. The van der Waals surface area contributed by atoms with E-state index in [0.29, 0.717) is 39.0 Å². The Kier molecular flexibility index (Phi) is 7.29. The molecule has 0 saturated carbocycles. The van der Waals surface area contributed by atoms with E-state index in [2.05, 4.69) is 36.2 Å². The van der Waals surface area contributed by atoms with Crippen LogP contribution < -0.4 is 10.1 Å². The first-order valence-electron chi connectivity index (χ1n) is 10.4. The highest BCUT2D eigenvalue weighted by molar-refractivity contribution is 5.78. The van der Waals surface area contributed by atoms with Gasteiger partial charge in [0.2, 0.25) is 5.91 Å². The van der Waals surface area contributed by atoms with Gasteiger partial charge in [-0.25, -0.2) is 0 Å². The van der Waals surface area contributed by atoms with Crippen molar-refractivity contribution in [2.24, 2.45) is 0 Å². The first-order valence-corrected chi connectivity index (χ1v) is 10.4. The smallest absolute Gasteiger partial charge is 0.234 e. The second-order valence-electron chi connectivity index (χ2n) is 8.12. The van der Waals surface area contributed by atoms with Gasteiger partial charge in [-0.2, -0.15) is 0 Å². The third kappa shape index (κ3) is 6.58. The van der Waals surface area contributed by atoms with Crippen molar-refractivity contribution in [1.82, 2.24) is 10.2 Å². The van der Waals surface area contributed by atoms with Crippen LogP contribution in [-0.2, 0) is 11.2 Å². The van der Waals surface area contributed by atoms with E-state index >= 15 is 0 Å². The number of rotatable bonds is 8. The lowest BCUT2D eigenvalue weighted by atomic mass is 9.92. The van der Waals surface area contributed by atoms with E-state index in [4.69, 9.17) is 4.74 Å². The van der Waals surface area contributed by atoms with Crippen LogP contribution in [0.25, 0.3) is 0 Å². The van der Waals surface area contributed by atoms with Crippen LogP contribution in [0, 0.1) is 13.8 Å². The number of aryl methyl sites for hydroxylation is 2. The normalized spacial score (nSPS) is 16.4. The highest BCUT2D eigenvalue weighted by Crippen LogP contribution is 2.24. The van der Waals surface area contributed by atoms with Crippen molar-refractivity contribution in [2.45, 2.75) is 38.7 Å². The zero-order valence-electron chi connectivity index (χ0n) is 17.5. The Morgan fingerprint density at radius 2 is 1.83 bits per heavy atom. The Bertz CT molecular complexity index is 799. The molecular formula is C24H32N2O3. The number of likely N-dealkylation sites (tertiary alicyclic amines) is 1. The molecule has 0 radical (unpaired) electrons. The Morgan fingerprint density at radius 3 is 2.52 bits per heavy atom. The molecule has 1 fully saturated rings. The molecule has 0 unspecified atom stereocenters. The van der Waals surface area contributed by atoms with Gasteiger partial charge in [0.25, 0.3) is 0 Å². The van der Waals surface area contributed by atoms with Crippen LogP contribution in [-0.4, -0.2) is 54.3 Å². The molecule has 5 nitrogen and oxygen atoms in total. The monoisotopic (exact) mass is 396 g/mol. The fourth-order valence-electron chi connectivity index (χ4n) is 3.54. The second kappa shape index (κ2) is 9.90. The lowest BCUT2D eigenvalue weighted by Crippen LogP contribution is -2.50. The molecule has 3 rings (SSSR count). The Labute approximate surface area is 173 Å². The quantitative estimate of drug-likeness (QED) is 0.720. The predicted octanol–water partition coefficient (Wildman–Crippen LogP) is 2.87. The summed E-state index contributed by atoms with van der Waals surface area (Å²) in [6.07, 6.45) is 2.05. The van der Waals surface area contributed by atoms with Gasteiger partial charge in [-0.3, -0.25) is 9.69 Å². The van der Waals surface area contributed by atoms with E-state index in [-0.39, 0.29) is 12.5 Å². The molecule has 1 aliphatic heterocycles. The van der Waals surface area contributed by atoms with E-state index in [1.165, 1.54) is 16.7 Å². The summed E-state index contributed by atoms with van der Waals surface area (Å²) >= 11 is 0. The molecule has 0 aliphatic carbocycles. The lowest BCUT2D eigenvalue weighted by Gasteiger charge is -2.37. The molecule has 0 bridgehead atoms. The van der Waals surface area contributed by atoms with Crippen LogP contribution in [0.2, 0.25) is 0 Å². The second-order valence-corrected chi connectivity index (χ2v) is 8.12. The fraction of sp³-hybridized carbons (Fsp3) is 0.458. The summed E-state index contributed by atoms with van der Waals surface area (Å²) in [5.74, 6) is 0.833. The van der Waals surface area contributed by atoms with Gasteiger partial charge in [-0.15, -0.1) is 0 Å². The van der Waals surface area contributed by atoms with Gasteiger partial charge in [0.1, 0.15) is 18.0 Å². The summed E-state index contributed by atoms with van der Waals surface area (Å²) in [6, 6.07) is 16.1. The van der Waals surface area contributed by atoms with E-state index < -0.39 is 5.60 Å². The number of benzene rings is 2. The molecule has 1 amide bonds. The van der Waals surface area contributed by atoms with Gasteiger partial charge in [-0.05, 0) is 61.9 Å². The Hall–Kier alpha value is -2.37. The van der Waals surface area contributed by atoms with E-state index in [9.17, 15) is 9.90 Å². The van der Waals surface area contributed by atoms with Crippen molar-refractivity contribution in [3.05, 3.63) is 65.2 Å². The van der Waals surface area contributed by atoms with Crippen LogP contribution in [0.15, 0.2) is 48.5 Å². The number of aliphatic hydroxyl groups is 1. The zero-order valence-corrected chi connectivity index (χ0v) is 17.5. The maximum atomic E-state index is 12.2. The third-order valence-corrected chi connectivity index (χ3v) is 5.72. The molecule has 2 N–H and O–H groups in total. The molecule has 0 aromatic heterocycles. The van der Waals surface area contributed by atoms with Crippen LogP contribution in [0.3, 0.4) is 0 Å². The van der Waals surface area contributed by atoms with E-state index in [0.717, 1.165) is 12.2 Å². The molecule has 29 heavy (non-hydrogen) atoms. The number of nitrogens with one attached hydrogen (secondary N) is 1. The molecule has 0 spiro atoms. The largest absolute Gasteiger partial charge is 0.491 e. The number of ether oxygens (including phenoxy) is 1. The SMILES string of the molecule is Cc1ccc(OCC2(O)CCN(CC(=O)NCCc3ccccc3)CC2)cc1C. The number of piperidine rings is 1. The van der Waals surface area contributed by atoms with Gasteiger partial charge in [0.05, 0.1) is 6.54 Å². The average molecular weight is 397 g/mol. The highest BCUT2D eigenvalue weighted by atomic mass is 16.5. The van der Waals surface area contributed by atoms with Crippen LogP contribution >= 0.6 is 0 Å². The first kappa shape index (κ1) is 21.3. The summed E-state index contributed by atoms with van der Waals surface area (Å²) in [5.41, 5.74) is 2.80. The standard InChI is InChI=1S/C24H32N2O3/c1-19-8-9-22(16-20(19)2)29-18-24(28)11-14-26(15-12-24)17-23(27)25-13-10-21-6-4-3-5-7-21/h3-9,16,28H,10-15,17-18H2,1-2H3,(H,25,27). The Balaban J connectivity index is 1.36. The van der Waals surface area contributed by atoms with Gasteiger partial charge in [-0.1, -0.05) is 36.4 Å². The van der Waals surface area contributed by atoms with Gasteiger partial charge < -0.3 is 15.2 Å². The third-order valence-electron chi connectivity index (χ3n) is 5.72. The van der Waals surface area contributed by atoms with Crippen molar-refractivity contribution in [1.29, 1.82) is 0 Å². The summed E-state index contributed by atoms with van der Waals surface area (Å²) < 4.78 is 5.85. The van der Waals surface area contributed by atoms with Crippen LogP contribution in [0.5, 0.6) is 5.75 Å². The highest BCUT2D eigenvalue weighted by Gasteiger charge is 2.33. The van der Waals surface area contributed by atoms with Crippen molar-refractivity contribution in [3.8, 4) is 5.75 Å². The maximum Gasteiger partial charge on any atom is 0.234 e. The van der Waals surface area contributed by atoms with Crippen molar-refractivity contribution < 1.29 is 14.6 Å². The summed E-state index contributed by atoms with van der Waals surface area (Å²) in [4.78, 5) is 14.3. The Morgan fingerprint density at radius 1 is 1.10 bits per heavy atom. The summed E-state index contributed by atoms with van der Waals surface area (Å²) in [7, 11) is 0. The first-order chi connectivity index (χ1) is 13.9. The number of hydrogen-bond donors (Lipinski definition) is 2. The van der Waals surface area contributed by atoms with Gasteiger partial charge >= 0.3 is 0 Å². The maximum absolute atomic E-state index is 12.2. The van der Waals surface area contributed by atoms with Crippen molar-refractivity contribution in [3.63, 3.8) is 0 Å². The van der Waals surface area contributed by atoms with Gasteiger partial charge in [0.15, 0.2) is 0 Å². The van der Waals surface area contributed by atoms with Crippen molar-refractivity contribution >= 4 is 5.91 Å². The molecule has 156 valence electrons. The van der Waals surface area contributed by atoms with Gasteiger partial charge in [0, 0.05) is 19.6 Å². The van der Waals surface area contributed by atoms with Crippen molar-refractivity contribution in [2.75, 3.05) is 32.8 Å². The molecule has 0 atom stereocenters. The minimum atomic E-state index is -0.834. The van der Waals surface area contributed by atoms with E-state index in [1.54, 1.807) is 0 Å². The molecule has 1 saturated heterocycles. The van der Waals surface area contributed by atoms with Crippen LogP contribution in [0.1, 0.15) is 29.5 Å². The van der Waals surface area contributed by atoms with E-state index in [1.807, 2.05) is 36.4 Å². The average Bonchev–Trinajstić information content (AvgIpc) is 2.72. The predicted molar refractivity (Wildman–Crippen MR) is 115 cm³/mol. The number of carbonyl (C=O) groups excluding carboxylic acids is 1. The minimum Gasteiger partial charge on any atom is -0.491 e. The number of hydrogen-bond acceptors (Lipinski definition) is 4. The molecule has 5 heteroatoms. The lowest BCUT2D eigenvalue weighted by molar-refractivity contribution is -0.123.